The van der Waals surface area contributed by atoms with Crippen molar-refractivity contribution in [2.24, 2.45) is 0 Å². The number of aromatic nitrogens is 2. The van der Waals surface area contributed by atoms with Crippen LogP contribution in [0.3, 0.4) is 0 Å². The van der Waals surface area contributed by atoms with Crippen LogP contribution >= 0.6 is 11.6 Å². The van der Waals surface area contributed by atoms with Crippen molar-refractivity contribution in [3.63, 3.8) is 0 Å². The molecule has 1 fully saturated rings. The summed E-state index contributed by atoms with van der Waals surface area (Å²) in [5, 5.41) is 21.7. The Hall–Kier alpha value is -3.93. The van der Waals surface area contributed by atoms with Crippen molar-refractivity contribution in [3.8, 4) is 17.2 Å². The monoisotopic (exact) mass is 461 g/mol. The van der Waals surface area contributed by atoms with Gasteiger partial charge in [0.1, 0.15) is 5.82 Å². The number of halogens is 1. The van der Waals surface area contributed by atoms with Gasteiger partial charge in [-0.2, -0.15) is 10.2 Å². The Bertz CT molecular complexity index is 1250. The first-order valence-electron chi connectivity index (χ1n) is 10.2. The molecule has 9 heteroatoms. The maximum absolute atomic E-state index is 10.9. The Labute approximate surface area is 195 Å². The van der Waals surface area contributed by atoms with E-state index in [9.17, 15) is 10.1 Å². The molecule has 0 atom stereocenters. The van der Waals surface area contributed by atoms with Gasteiger partial charge in [-0.05, 0) is 41.5 Å². The molecule has 33 heavy (non-hydrogen) atoms. The molecule has 0 radical (unpaired) electrons. The molecule has 0 aliphatic carbocycles. The third-order valence-electron chi connectivity index (χ3n) is 4.98. The summed E-state index contributed by atoms with van der Waals surface area (Å²) in [5.74, 6) is 0.0970. The second kappa shape index (κ2) is 10.1. The van der Waals surface area contributed by atoms with E-state index in [2.05, 4.69) is 21.3 Å². The van der Waals surface area contributed by atoms with Crippen molar-refractivity contribution in [1.82, 2.24) is 9.97 Å². The molecule has 0 spiro atoms. The van der Waals surface area contributed by atoms with Gasteiger partial charge in [0.25, 0.3) is 0 Å². The molecule has 0 amide bonds. The maximum atomic E-state index is 10.9. The molecule has 1 aromatic heterocycles. The van der Waals surface area contributed by atoms with Crippen LogP contribution < -0.4 is 10.2 Å². The van der Waals surface area contributed by atoms with Crippen molar-refractivity contribution in [1.29, 1.82) is 5.26 Å². The van der Waals surface area contributed by atoms with Gasteiger partial charge in [0.2, 0.25) is 5.95 Å². The van der Waals surface area contributed by atoms with E-state index in [0.717, 1.165) is 28.6 Å². The molecule has 2 heterocycles. The number of morpholine rings is 1. The van der Waals surface area contributed by atoms with E-state index in [-0.39, 0.29) is 0 Å². The van der Waals surface area contributed by atoms with Gasteiger partial charge in [0, 0.05) is 41.6 Å². The number of benzene rings is 2. The lowest BCUT2D eigenvalue weighted by Gasteiger charge is -2.29. The lowest BCUT2D eigenvalue weighted by molar-refractivity contribution is -0.131. The number of carbonyl (C=O) groups is 1. The summed E-state index contributed by atoms with van der Waals surface area (Å²) in [5.41, 5.74) is 3.48. The zero-order chi connectivity index (χ0) is 23.2. The number of rotatable bonds is 6. The van der Waals surface area contributed by atoms with Crippen LogP contribution in [0.4, 0.5) is 17.5 Å². The van der Waals surface area contributed by atoms with E-state index in [1.54, 1.807) is 30.5 Å². The van der Waals surface area contributed by atoms with Crippen molar-refractivity contribution in [3.05, 3.63) is 70.9 Å². The predicted octanol–water partition coefficient (Wildman–Crippen LogP) is 4.35. The molecule has 1 saturated heterocycles. The van der Waals surface area contributed by atoms with Gasteiger partial charge in [-0.25, -0.2) is 9.78 Å². The van der Waals surface area contributed by atoms with Crippen LogP contribution in [0.15, 0.2) is 54.7 Å². The van der Waals surface area contributed by atoms with E-state index in [1.807, 2.05) is 24.3 Å². The quantitative estimate of drug-likeness (QED) is 0.521. The maximum Gasteiger partial charge on any atom is 0.328 e. The molecule has 2 N–H and O–H groups in total. The minimum absolute atomic E-state index is 0.369. The van der Waals surface area contributed by atoms with Gasteiger partial charge < -0.3 is 20.1 Å². The molecule has 1 aliphatic rings. The third-order valence-corrected chi connectivity index (χ3v) is 5.20. The fourth-order valence-corrected chi connectivity index (χ4v) is 3.72. The molecule has 0 saturated carbocycles. The fourth-order valence-electron chi connectivity index (χ4n) is 3.49. The average Bonchev–Trinajstić information content (AvgIpc) is 2.83. The van der Waals surface area contributed by atoms with Crippen LogP contribution in [-0.2, 0) is 9.53 Å². The van der Waals surface area contributed by atoms with Crippen LogP contribution in [0.2, 0.25) is 5.02 Å². The van der Waals surface area contributed by atoms with Gasteiger partial charge in [-0.3, -0.25) is 0 Å². The van der Waals surface area contributed by atoms with Crippen LogP contribution in [0.1, 0.15) is 11.1 Å². The summed E-state index contributed by atoms with van der Waals surface area (Å²) in [6, 6.07) is 14.6. The zero-order valence-corrected chi connectivity index (χ0v) is 18.3. The van der Waals surface area contributed by atoms with E-state index in [4.69, 9.17) is 26.4 Å². The van der Waals surface area contributed by atoms with Crippen LogP contribution in [-0.4, -0.2) is 47.3 Å². The SMILES string of the molecule is N#Cc1cc(Cl)cc(Nc2ncc(-c3cccc(/C=C/C(=O)O)c3)c(N3CCOCC3)n2)c1. The molecule has 8 nitrogen and oxygen atoms in total. The number of hydrogen-bond acceptors (Lipinski definition) is 7. The van der Waals surface area contributed by atoms with Crippen LogP contribution in [0.25, 0.3) is 17.2 Å². The van der Waals surface area contributed by atoms with Gasteiger partial charge in [-0.1, -0.05) is 29.8 Å². The zero-order valence-electron chi connectivity index (χ0n) is 17.5. The van der Waals surface area contributed by atoms with Gasteiger partial charge >= 0.3 is 5.97 Å². The first-order valence-corrected chi connectivity index (χ1v) is 10.6. The van der Waals surface area contributed by atoms with E-state index in [0.29, 0.717) is 48.5 Å². The lowest BCUT2D eigenvalue weighted by Crippen LogP contribution is -2.37. The number of nitriles is 1. The summed E-state index contributed by atoms with van der Waals surface area (Å²) < 4.78 is 5.49. The second-order valence-electron chi connectivity index (χ2n) is 7.29. The summed E-state index contributed by atoms with van der Waals surface area (Å²) in [4.78, 5) is 22.3. The molecule has 1 aliphatic heterocycles. The summed E-state index contributed by atoms with van der Waals surface area (Å²) >= 11 is 6.12. The first-order chi connectivity index (χ1) is 16.0. The highest BCUT2D eigenvalue weighted by atomic mass is 35.5. The number of hydrogen-bond donors (Lipinski definition) is 2. The molecule has 0 unspecified atom stereocenters. The summed E-state index contributed by atoms with van der Waals surface area (Å²) in [6.07, 6.45) is 4.38. The molecular formula is C24H20ClN5O3. The Morgan fingerprint density at radius 3 is 2.82 bits per heavy atom. The minimum Gasteiger partial charge on any atom is -0.478 e. The topological polar surface area (TPSA) is 111 Å². The number of nitrogens with one attached hydrogen (secondary N) is 1. The van der Waals surface area contributed by atoms with Crippen molar-refractivity contribution in [2.75, 3.05) is 36.5 Å². The van der Waals surface area contributed by atoms with E-state index < -0.39 is 5.97 Å². The van der Waals surface area contributed by atoms with Crippen molar-refractivity contribution < 1.29 is 14.6 Å². The number of anilines is 3. The minimum atomic E-state index is -1.01. The Morgan fingerprint density at radius 2 is 2.06 bits per heavy atom. The van der Waals surface area contributed by atoms with Gasteiger partial charge in [0.15, 0.2) is 0 Å². The van der Waals surface area contributed by atoms with Gasteiger partial charge in [0.05, 0.1) is 24.8 Å². The lowest BCUT2D eigenvalue weighted by atomic mass is 10.0. The third kappa shape index (κ3) is 5.66. The molecular weight excluding hydrogens is 442 g/mol. The second-order valence-corrected chi connectivity index (χ2v) is 7.73. The Balaban J connectivity index is 1.72. The fraction of sp³-hybridized carbons (Fsp3) is 0.167. The normalized spacial score (nSPS) is 13.6. The smallest absolute Gasteiger partial charge is 0.328 e. The summed E-state index contributed by atoms with van der Waals surface area (Å²) in [7, 11) is 0. The highest BCUT2D eigenvalue weighted by Crippen LogP contribution is 2.32. The van der Waals surface area contributed by atoms with Crippen molar-refractivity contribution >= 4 is 41.1 Å². The van der Waals surface area contributed by atoms with Crippen molar-refractivity contribution in [2.45, 2.75) is 0 Å². The Kier molecular flexibility index (Phi) is 6.83. The molecule has 3 aromatic rings. The number of nitrogens with zero attached hydrogens (tertiary/aromatic N) is 4. The highest BCUT2D eigenvalue weighted by molar-refractivity contribution is 6.31. The van der Waals surface area contributed by atoms with Gasteiger partial charge in [-0.15, -0.1) is 0 Å². The highest BCUT2D eigenvalue weighted by Gasteiger charge is 2.19. The van der Waals surface area contributed by atoms with E-state index in [1.165, 1.54) is 0 Å². The average molecular weight is 462 g/mol. The standard InChI is InChI=1S/C24H20ClN5O3/c25-19-11-17(14-26)12-20(13-19)28-24-27-15-21(23(29-24)30-6-8-33-9-7-30)18-3-1-2-16(10-18)4-5-22(31)32/h1-5,10-13,15H,6-9H2,(H,31,32)(H,27,28,29)/b5-4+. The molecule has 2 aromatic carbocycles. The van der Waals surface area contributed by atoms with E-state index >= 15 is 0 Å². The molecule has 4 rings (SSSR count). The molecule has 0 bridgehead atoms. The number of ether oxygens (including phenoxy) is 1. The number of carboxylic acids is 1. The molecule has 166 valence electrons. The largest absolute Gasteiger partial charge is 0.478 e. The van der Waals surface area contributed by atoms with Crippen LogP contribution in [0, 0.1) is 11.3 Å². The Morgan fingerprint density at radius 1 is 1.24 bits per heavy atom. The van der Waals surface area contributed by atoms with Crippen LogP contribution in [0.5, 0.6) is 0 Å². The predicted molar refractivity (Wildman–Crippen MR) is 127 cm³/mol. The number of aliphatic carboxylic acids is 1. The summed E-state index contributed by atoms with van der Waals surface area (Å²) in [6.45, 7) is 2.54. The first kappa shape index (κ1) is 22.3. The number of carboxylic acid groups (broad SMARTS) is 1.